The zero-order valence-corrected chi connectivity index (χ0v) is 5.15. The Morgan fingerprint density at radius 1 is 1.86 bits per heavy atom. The first kappa shape index (κ1) is 4.72. The van der Waals surface area contributed by atoms with E-state index in [0.717, 1.165) is 5.69 Å². The largest absolute Gasteiger partial charge is 0.236 e. The molecule has 7 heavy (non-hydrogen) atoms. The van der Waals surface area contributed by atoms with Gasteiger partial charge in [0.2, 0.25) is 0 Å². The van der Waals surface area contributed by atoms with Crippen molar-refractivity contribution in [3.05, 3.63) is 11.9 Å². The van der Waals surface area contributed by atoms with Crippen LogP contribution in [0.4, 0.5) is 0 Å². The second-order valence-corrected chi connectivity index (χ2v) is 1.81. The topological polar surface area (TPSA) is 30.7 Å². The van der Waals surface area contributed by atoms with Crippen LogP contribution in [0.15, 0.2) is 6.20 Å². The molecule has 0 aliphatic carbocycles. The van der Waals surface area contributed by atoms with Gasteiger partial charge in [-0.2, -0.15) is 0 Å². The molecule has 0 fully saturated rings. The molecular formula is C3H6N3P. The van der Waals surface area contributed by atoms with E-state index in [2.05, 4.69) is 19.7 Å². The van der Waals surface area contributed by atoms with Crippen LogP contribution < -0.4 is 0 Å². The summed E-state index contributed by atoms with van der Waals surface area (Å²) in [5.74, 6) is 0. The zero-order chi connectivity index (χ0) is 5.28. The normalized spacial score (nSPS) is 9.43. The number of hydrogen-bond acceptors (Lipinski definition) is 2. The molecule has 0 amide bonds. The molecule has 3 nitrogen and oxygen atoms in total. The summed E-state index contributed by atoms with van der Waals surface area (Å²) in [6, 6.07) is 0. The molecule has 0 spiro atoms. The SMILES string of the molecule is Cc1cnnn1P. The van der Waals surface area contributed by atoms with Gasteiger partial charge in [0.1, 0.15) is 0 Å². The third-order valence-corrected chi connectivity index (χ3v) is 1.26. The van der Waals surface area contributed by atoms with Crippen molar-refractivity contribution in [2.24, 2.45) is 0 Å². The molecule has 0 aliphatic heterocycles. The Balaban J connectivity index is 3.12. The minimum absolute atomic E-state index is 1.05. The average Bonchev–Trinajstić information content (AvgIpc) is 1.91. The van der Waals surface area contributed by atoms with E-state index in [-0.39, 0.29) is 0 Å². The molecule has 0 radical (unpaired) electrons. The molecule has 0 bridgehead atoms. The third kappa shape index (κ3) is 0.775. The molecule has 1 aromatic heterocycles. The first-order chi connectivity index (χ1) is 3.30. The van der Waals surface area contributed by atoms with Gasteiger partial charge in [-0.3, -0.25) is 0 Å². The molecule has 0 saturated carbocycles. The summed E-state index contributed by atoms with van der Waals surface area (Å²) < 4.78 is 1.64. The highest BCUT2D eigenvalue weighted by Crippen LogP contribution is 1.94. The predicted molar refractivity (Wildman–Crippen MR) is 29.9 cm³/mol. The Kier molecular flexibility index (Phi) is 1.07. The summed E-state index contributed by atoms with van der Waals surface area (Å²) in [6.07, 6.45) is 1.70. The average molecular weight is 115 g/mol. The summed E-state index contributed by atoms with van der Waals surface area (Å²) in [7, 11) is 2.42. The third-order valence-electron chi connectivity index (χ3n) is 0.754. The van der Waals surface area contributed by atoms with Crippen LogP contribution >= 0.6 is 9.39 Å². The van der Waals surface area contributed by atoms with Crippen LogP contribution in [-0.2, 0) is 0 Å². The number of aromatic nitrogens is 3. The zero-order valence-electron chi connectivity index (χ0n) is 4.00. The van der Waals surface area contributed by atoms with E-state index >= 15 is 0 Å². The fourth-order valence-electron chi connectivity index (χ4n) is 0.295. The van der Waals surface area contributed by atoms with Crippen LogP contribution in [0, 0.1) is 6.92 Å². The van der Waals surface area contributed by atoms with Gasteiger partial charge in [0, 0.05) is 0 Å². The smallest absolute Gasteiger partial charge is 0.0725 e. The Bertz CT molecular complexity index is 142. The lowest BCUT2D eigenvalue weighted by Gasteiger charge is -1.84. The molecule has 38 valence electrons. The van der Waals surface area contributed by atoms with Crippen molar-refractivity contribution in [3.63, 3.8) is 0 Å². The summed E-state index contributed by atoms with van der Waals surface area (Å²) in [6.45, 7) is 1.94. The van der Waals surface area contributed by atoms with Crippen LogP contribution in [0.3, 0.4) is 0 Å². The van der Waals surface area contributed by atoms with E-state index in [9.17, 15) is 0 Å². The van der Waals surface area contributed by atoms with Gasteiger partial charge < -0.3 is 0 Å². The molecular weight excluding hydrogens is 109 g/mol. The molecule has 1 heterocycles. The summed E-state index contributed by atoms with van der Waals surface area (Å²) >= 11 is 0. The van der Waals surface area contributed by atoms with E-state index in [4.69, 9.17) is 0 Å². The van der Waals surface area contributed by atoms with E-state index in [1.165, 1.54) is 0 Å². The predicted octanol–water partition coefficient (Wildman–Crippen LogP) is 0.225. The molecule has 1 unspecified atom stereocenters. The molecule has 4 heteroatoms. The van der Waals surface area contributed by atoms with Crippen molar-refractivity contribution < 1.29 is 0 Å². The highest BCUT2D eigenvalue weighted by atomic mass is 31.0. The lowest BCUT2D eigenvalue weighted by molar-refractivity contribution is 0.876. The van der Waals surface area contributed by atoms with Crippen molar-refractivity contribution >= 4 is 9.39 Å². The van der Waals surface area contributed by atoms with Crippen LogP contribution in [-0.4, -0.2) is 14.8 Å². The van der Waals surface area contributed by atoms with Crippen LogP contribution in [0.25, 0.3) is 0 Å². The molecule has 0 saturated heterocycles. The van der Waals surface area contributed by atoms with Crippen molar-refractivity contribution in [2.75, 3.05) is 0 Å². The second kappa shape index (κ2) is 1.58. The van der Waals surface area contributed by atoms with E-state index < -0.39 is 0 Å². The Hall–Kier alpha value is -0.430. The van der Waals surface area contributed by atoms with E-state index in [1.54, 1.807) is 10.6 Å². The fraction of sp³-hybridized carbons (Fsp3) is 0.333. The number of aryl methyl sites for hydroxylation is 1. The van der Waals surface area contributed by atoms with Gasteiger partial charge in [-0.15, -0.1) is 5.10 Å². The van der Waals surface area contributed by atoms with Gasteiger partial charge in [-0.1, -0.05) is 5.21 Å². The molecule has 0 N–H and O–H groups in total. The van der Waals surface area contributed by atoms with Crippen molar-refractivity contribution in [1.82, 2.24) is 14.8 Å². The van der Waals surface area contributed by atoms with Gasteiger partial charge >= 0.3 is 0 Å². The van der Waals surface area contributed by atoms with E-state index in [1.807, 2.05) is 6.92 Å². The maximum atomic E-state index is 3.65. The minimum atomic E-state index is 1.05. The Labute approximate surface area is 44.0 Å². The molecule has 1 aromatic rings. The Morgan fingerprint density at radius 3 is 2.71 bits per heavy atom. The van der Waals surface area contributed by atoms with Crippen molar-refractivity contribution in [3.8, 4) is 0 Å². The molecule has 1 atom stereocenters. The summed E-state index contributed by atoms with van der Waals surface area (Å²) in [5, 5.41) is 7.26. The van der Waals surface area contributed by atoms with Gasteiger partial charge in [-0.25, -0.2) is 4.45 Å². The highest BCUT2D eigenvalue weighted by molar-refractivity contribution is 7.14. The molecule has 0 aliphatic rings. The van der Waals surface area contributed by atoms with Gasteiger partial charge in [0.05, 0.1) is 11.9 Å². The monoisotopic (exact) mass is 115 g/mol. The molecule has 0 aromatic carbocycles. The second-order valence-electron chi connectivity index (χ2n) is 1.32. The summed E-state index contributed by atoms with van der Waals surface area (Å²) in [4.78, 5) is 0. The van der Waals surface area contributed by atoms with Gasteiger partial charge in [0.15, 0.2) is 0 Å². The standard InChI is InChI=1S/C3H6N3P/c1-3-2-4-5-6(3)7/h2H,7H2,1H3. The molecule has 1 rings (SSSR count). The first-order valence-corrected chi connectivity index (χ1v) is 2.45. The minimum Gasteiger partial charge on any atom is -0.236 e. The summed E-state index contributed by atoms with van der Waals surface area (Å²) in [5.41, 5.74) is 1.05. The van der Waals surface area contributed by atoms with Gasteiger partial charge in [-0.05, 0) is 16.3 Å². The van der Waals surface area contributed by atoms with Crippen molar-refractivity contribution in [2.45, 2.75) is 6.92 Å². The lowest BCUT2D eigenvalue weighted by Crippen LogP contribution is -1.82. The number of nitrogens with zero attached hydrogens (tertiary/aromatic N) is 3. The van der Waals surface area contributed by atoms with Crippen LogP contribution in [0.2, 0.25) is 0 Å². The quantitative estimate of drug-likeness (QED) is 0.453. The maximum absolute atomic E-state index is 3.65. The maximum Gasteiger partial charge on any atom is 0.0725 e. The van der Waals surface area contributed by atoms with Gasteiger partial charge in [0.25, 0.3) is 0 Å². The van der Waals surface area contributed by atoms with Crippen molar-refractivity contribution in [1.29, 1.82) is 0 Å². The highest BCUT2D eigenvalue weighted by Gasteiger charge is 1.85. The number of hydrogen-bond donors (Lipinski definition) is 0. The van der Waals surface area contributed by atoms with Crippen LogP contribution in [0.5, 0.6) is 0 Å². The number of rotatable bonds is 0. The lowest BCUT2D eigenvalue weighted by atomic mass is 10.6. The Morgan fingerprint density at radius 2 is 2.57 bits per heavy atom. The fourth-order valence-corrected chi connectivity index (χ4v) is 0.421. The van der Waals surface area contributed by atoms with Crippen LogP contribution in [0.1, 0.15) is 5.69 Å². The van der Waals surface area contributed by atoms with E-state index in [0.29, 0.717) is 0 Å². The first-order valence-electron chi connectivity index (χ1n) is 1.93.